The predicted octanol–water partition coefficient (Wildman–Crippen LogP) is 4.15. The van der Waals surface area contributed by atoms with Gasteiger partial charge in [-0.25, -0.2) is 0 Å². The first-order chi connectivity index (χ1) is 9.20. The zero-order valence-electron chi connectivity index (χ0n) is 13.9. The standard InChI is InChI=1S/C17H30O3/c1-7-11(2)14(18)19-12(3)20-15-16(4,5)13-8-9-17(15,6)10-13/h11-13,15H,7-10H2,1-6H3. The monoisotopic (exact) mass is 282 g/mol. The van der Waals surface area contributed by atoms with E-state index in [1.54, 1.807) is 0 Å². The molecule has 20 heavy (non-hydrogen) atoms. The minimum Gasteiger partial charge on any atom is -0.436 e. The lowest BCUT2D eigenvalue weighted by molar-refractivity contribution is -0.215. The zero-order valence-corrected chi connectivity index (χ0v) is 13.9. The highest BCUT2D eigenvalue weighted by molar-refractivity contribution is 5.71. The quantitative estimate of drug-likeness (QED) is 0.561. The molecule has 5 unspecified atom stereocenters. The molecule has 2 saturated carbocycles. The van der Waals surface area contributed by atoms with E-state index in [4.69, 9.17) is 9.47 Å². The van der Waals surface area contributed by atoms with Gasteiger partial charge in [-0.05, 0) is 49.4 Å². The molecule has 2 fully saturated rings. The summed E-state index contributed by atoms with van der Waals surface area (Å²) in [5.74, 6) is 0.547. The molecule has 0 aromatic carbocycles. The number of carbonyl (C=O) groups is 1. The molecule has 0 aliphatic heterocycles. The molecule has 0 radical (unpaired) electrons. The average molecular weight is 282 g/mol. The Hall–Kier alpha value is -0.570. The highest BCUT2D eigenvalue weighted by atomic mass is 16.7. The summed E-state index contributed by atoms with van der Waals surface area (Å²) in [5, 5.41) is 0. The number of rotatable bonds is 5. The molecule has 3 nitrogen and oxygen atoms in total. The van der Waals surface area contributed by atoms with Gasteiger partial charge in [0.1, 0.15) is 0 Å². The predicted molar refractivity (Wildman–Crippen MR) is 79.1 cm³/mol. The van der Waals surface area contributed by atoms with Crippen LogP contribution in [0.15, 0.2) is 0 Å². The molecule has 0 N–H and O–H groups in total. The van der Waals surface area contributed by atoms with Crippen LogP contribution < -0.4 is 0 Å². The third-order valence-corrected chi connectivity index (χ3v) is 5.76. The molecule has 0 aromatic rings. The number of fused-ring (bicyclic) bond motifs is 2. The van der Waals surface area contributed by atoms with Crippen LogP contribution in [-0.2, 0) is 14.3 Å². The minimum atomic E-state index is -0.447. The summed E-state index contributed by atoms with van der Waals surface area (Å²) < 4.78 is 11.6. The summed E-state index contributed by atoms with van der Waals surface area (Å²) in [5.41, 5.74) is 0.440. The lowest BCUT2D eigenvalue weighted by Gasteiger charge is -2.43. The molecular formula is C17H30O3. The molecular weight excluding hydrogens is 252 g/mol. The van der Waals surface area contributed by atoms with Crippen LogP contribution in [0.3, 0.4) is 0 Å². The number of carbonyl (C=O) groups excluding carboxylic acids is 1. The van der Waals surface area contributed by atoms with Crippen LogP contribution in [0.2, 0.25) is 0 Å². The maximum atomic E-state index is 11.9. The second kappa shape index (κ2) is 5.32. The summed E-state index contributed by atoms with van der Waals surface area (Å²) >= 11 is 0. The van der Waals surface area contributed by atoms with Crippen LogP contribution in [0.25, 0.3) is 0 Å². The van der Waals surface area contributed by atoms with Gasteiger partial charge >= 0.3 is 5.97 Å². The van der Waals surface area contributed by atoms with Gasteiger partial charge in [-0.1, -0.05) is 34.6 Å². The third kappa shape index (κ3) is 2.61. The first-order valence-electron chi connectivity index (χ1n) is 8.06. The van der Waals surface area contributed by atoms with E-state index in [0.29, 0.717) is 0 Å². The second-order valence-electron chi connectivity index (χ2n) is 7.75. The van der Waals surface area contributed by atoms with Gasteiger partial charge < -0.3 is 9.47 Å². The van der Waals surface area contributed by atoms with Crippen molar-refractivity contribution in [3.05, 3.63) is 0 Å². The van der Waals surface area contributed by atoms with Gasteiger partial charge in [-0.2, -0.15) is 0 Å². The van der Waals surface area contributed by atoms with Crippen LogP contribution in [0, 0.1) is 22.7 Å². The van der Waals surface area contributed by atoms with Crippen molar-refractivity contribution in [1.82, 2.24) is 0 Å². The lowest BCUT2D eigenvalue weighted by atomic mass is 9.70. The Morgan fingerprint density at radius 2 is 1.95 bits per heavy atom. The topological polar surface area (TPSA) is 35.5 Å². The van der Waals surface area contributed by atoms with E-state index >= 15 is 0 Å². The fraction of sp³-hybridized carbons (Fsp3) is 0.941. The zero-order chi connectivity index (χ0) is 15.1. The lowest BCUT2D eigenvalue weighted by Crippen LogP contribution is -2.44. The number of hydrogen-bond donors (Lipinski definition) is 0. The summed E-state index contributed by atoms with van der Waals surface area (Å²) in [6, 6.07) is 0. The van der Waals surface area contributed by atoms with Crippen molar-refractivity contribution in [3.63, 3.8) is 0 Å². The molecule has 0 heterocycles. The molecule has 2 aliphatic carbocycles. The van der Waals surface area contributed by atoms with E-state index in [2.05, 4.69) is 20.8 Å². The first kappa shape index (κ1) is 15.8. The van der Waals surface area contributed by atoms with Crippen molar-refractivity contribution < 1.29 is 14.3 Å². The molecule has 0 spiro atoms. The highest BCUT2D eigenvalue weighted by Gasteiger charge is 2.60. The van der Waals surface area contributed by atoms with Crippen LogP contribution in [0.5, 0.6) is 0 Å². The normalized spacial score (nSPS) is 37.7. The van der Waals surface area contributed by atoms with Crippen LogP contribution in [0.1, 0.15) is 67.2 Å². The summed E-state index contributed by atoms with van der Waals surface area (Å²) in [7, 11) is 0. The van der Waals surface area contributed by atoms with E-state index in [1.165, 1.54) is 19.3 Å². The van der Waals surface area contributed by atoms with Crippen LogP contribution in [-0.4, -0.2) is 18.4 Å². The Kier molecular flexibility index (Phi) is 4.21. The van der Waals surface area contributed by atoms with Gasteiger partial charge in [-0.15, -0.1) is 0 Å². The van der Waals surface area contributed by atoms with E-state index in [9.17, 15) is 4.79 Å². The summed E-state index contributed by atoms with van der Waals surface area (Å²) in [6.45, 7) is 12.7. The van der Waals surface area contributed by atoms with E-state index in [-0.39, 0.29) is 28.8 Å². The van der Waals surface area contributed by atoms with Crippen molar-refractivity contribution in [2.45, 2.75) is 79.6 Å². The maximum absolute atomic E-state index is 11.9. The second-order valence-corrected chi connectivity index (χ2v) is 7.75. The first-order valence-corrected chi connectivity index (χ1v) is 8.06. The van der Waals surface area contributed by atoms with Gasteiger partial charge in [0.25, 0.3) is 0 Å². The van der Waals surface area contributed by atoms with Crippen molar-refractivity contribution in [3.8, 4) is 0 Å². The SMILES string of the molecule is CCC(C)C(=O)OC(C)OC1C2(C)CCC(C2)C1(C)C. The number of ether oxygens (including phenoxy) is 2. The Morgan fingerprint density at radius 1 is 1.30 bits per heavy atom. The Labute approximate surface area is 123 Å². The Morgan fingerprint density at radius 3 is 2.45 bits per heavy atom. The molecule has 0 saturated heterocycles. The van der Waals surface area contributed by atoms with Gasteiger partial charge in [-0.3, -0.25) is 4.79 Å². The van der Waals surface area contributed by atoms with Gasteiger partial charge in [0.05, 0.1) is 12.0 Å². The van der Waals surface area contributed by atoms with Crippen LogP contribution in [0.4, 0.5) is 0 Å². The van der Waals surface area contributed by atoms with Gasteiger partial charge in [0, 0.05) is 0 Å². The Bertz CT molecular complexity index is 372. The summed E-state index contributed by atoms with van der Waals surface area (Å²) in [6.07, 6.45) is 4.34. The highest BCUT2D eigenvalue weighted by Crippen LogP contribution is 2.63. The Balaban J connectivity index is 1.97. The molecule has 116 valence electrons. The average Bonchev–Trinajstić information content (AvgIpc) is 2.84. The fourth-order valence-corrected chi connectivity index (χ4v) is 4.26. The van der Waals surface area contributed by atoms with Gasteiger partial charge in [0.2, 0.25) is 0 Å². The van der Waals surface area contributed by atoms with E-state index in [0.717, 1.165) is 12.3 Å². The van der Waals surface area contributed by atoms with E-state index in [1.807, 2.05) is 20.8 Å². The van der Waals surface area contributed by atoms with Gasteiger partial charge in [0.15, 0.2) is 6.29 Å². The van der Waals surface area contributed by atoms with Crippen molar-refractivity contribution in [2.24, 2.45) is 22.7 Å². The fourth-order valence-electron chi connectivity index (χ4n) is 4.26. The smallest absolute Gasteiger partial charge is 0.310 e. The largest absolute Gasteiger partial charge is 0.436 e. The third-order valence-electron chi connectivity index (χ3n) is 5.76. The molecule has 2 rings (SSSR count). The summed E-state index contributed by atoms with van der Waals surface area (Å²) in [4.78, 5) is 11.9. The van der Waals surface area contributed by atoms with Crippen LogP contribution >= 0.6 is 0 Å². The molecule has 0 amide bonds. The van der Waals surface area contributed by atoms with E-state index < -0.39 is 6.29 Å². The minimum absolute atomic E-state index is 0.0512. The number of esters is 1. The van der Waals surface area contributed by atoms with Crippen molar-refractivity contribution in [2.75, 3.05) is 0 Å². The molecule has 3 heteroatoms. The molecule has 0 aromatic heterocycles. The van der Waals surface area contributed by atoms with Crippen molar-refractivity contribution in [1.29, 1.82) is 0 Å². The molecule has 5 atom stereocenters. The molecule has 2 bridgehead atoms. The molecule has 2 aliphatic rings. The number of hydrogen-bond acceptors (Lipinski definition) is 3. The maximum Gasteiger partial charge on any atom is 0.310 e. The van der Waals surface area contributed by atoms with Crippen molar-refractivity contribution >= 4 is 5.97 Å².